The highest BCUT2D eigenvalue weighted by molar-refractivity contribution is 6.34. The van der Waals surface area contributed by atoms with E-state index >= 15 is 0 Å². The molecule has 6 nitrogen and oxygen atoms in total. The smallest absolute Gasteiger partial charge is 0.334 e. The standard InChI is InChI=1S/C11H10ClN3O3/c12-9-7(5-13)1-2-14-10(9)15-3-4-18-8(6-15)11(16)17/h1-2,8H,3-4,6H2,(H,16,17). The van der Waals surface area contributed by atoms with Gasteiger partial charge in [-0.15, -0.1) is 0 Å². The number of nitrogens with zero attached hydrogens (tertiary/aromatic N) is 3. The molecule has 1 aliphatic rings. The van der Waals surface area contributed by atoms with Crippen LogP contribution in [0.5, 0.6) is 0 Å². The van der Waals surface area contributed by atoms with Gasteiger partial charge in [-0.3, -0.25) is 0 Å². The molecule has 0 aliphatic carbocycles. The number of carboxylic acids is 1. The fourth-order valence-corrected chi connectivity index (χ4v) is 2.00. The number of carboxylic acid groups (broad SMARTS) is 1. The Hall–Kier alpha value is -1.84. The van der Waals surface area contributed by atoms with Crippen LogP contribution in [0.3, 0.4) is 0 Å². The molecule has 18 heavy (non-hydrogen) atoms. The monoisotopic (exact) mass is 267 g/mol. The van der Waals surface area contributed by atoms with E-state index in [1.54, 1.807) is 4.90 Å². The van der Waals surface area contributed by atoms with Crippen molar-refractivity contribution in [1.82, 2.24) is 4.98 Å². The second kappa shape index (κ2) is 5.21. The van der Waals surface area contributed by atoms with Crippen LogP contribution in [0.1, 0.15) is 5.56 Å². The van der Waals surface area contributed by atoms with Gasteiger partial charge in [-0.25, -0.2) is 9.78 Å². The van der Waals surface area contributed by atoms with Gasteiger partial charge in [0.1, 0.15) is 16.9 Å². The molecule has 1 unspecified atom stereocenters. The summed E-state index contributed by atoms with van der Waals surface area (Å²) in [6, 6.07) is 3.48. The number of rotatable bonds is 2. The summed E-state index contributed by atoms with van der Waals surface area (Å²) in [6.07, 6.45) is 0.577. The molecule has 94 valence electrons. The van der Waals surface area contributed by atoms with Gasteiger partial charge in [-0.2, -0.15) is 5.26 Å². The zero-order valence-electron chi connectivity index (χ0n) is 9.34. The molecule has 0 bridgehead atoms. The van der Waals surface area contributed by atoms with Crippen LogP contribution in [0.15, 0.2) is 12.3 Å². The van der Waals surface area contributed by atoms with E-state index in [0.29, 0.717) is 17.9 Å². The molecule has 7 heteroatoms. The van der Waals surface area contributed by atoms with Crippen molar-refractivity contribution in [2.45, 2.75) is 6.10 Å². The molecule has 0 aromatic carbocycles. The van der Waals surface area contributed by atoms with Crippen LogP contribution < -0.4 is 4.90 Å². The van der Waals surface area contributed by atoms with Crippen molar-refractivity contribution in [3.63, 3.8) is 0 Å². The van der Waals surface area contributed by atoms with Crippen molar-refractivity contribution < 1.29 is 14.6 Å². The van der Waals surface area contributed by atoms with Gasteiger partial charge >= 0.3 is 5.97 Å². The third-order valence-electron chi connectivity index (χ3n) is 2.63. The molecule has 1 fully saturated rings. The predicted octanol–water partition coefficient (Wildman–Crippen LogP) is 0.896. The maximum atomic E-state index is 10.9. The van der Waals surface area contributed by atoms with E-state index < -0.39 is 12.1 Å². The number of carbonyl (C=O) groups is 1. The molecule has 2 rings (SSSR count). The number of aliphatic carboxylic acids is 1. The third kappa shape index (κ3) is 2.37. The van der Waals surface area contributed by atoms with E-state index in [4.69, 9.17) is 26.7 Å². The van der Waals surface area contributed by atoms with E-state index in [2.05, 4.69) is 4.98 Å². The van der Waals surface area contributed by atoms with Crippen molar-refractivity contribution in [2.75, 3.05) is 24.6 Å². The maximum absolute atomic E-state index is 10.9. The highest BCUT2D eigenvalue weighted by atomic mass is 35.5. The largest absolute Gasteiger partial charge is 0.479 e. The summed E-state index contributed by atoms with van der Waals surface area (Å²) in [5, 5.41) is 18.0. The molecule has 0 spiro atoms. The van der Waals surface area contributed by atoms with Crippen LogP contribution in [0, 0.1) is 11.3 Å². The van der Waals surface area contributed by atoms with E-state index in [0.717, 1.165) is 0 Å². The molecule has 1 saturated heterocycles. The van der Waals surface area contributed by atoms with Gasteiger partial charge in [0, 0.05) is 12.7 Å². The van der Waals surface area contributed by atoms with Crippen LogP contribution in [0.25, 0.3) is 0 Å². The fourth-order valence-electron chi connectivity index (χ4n) is 1.73. The van der Waals surface area contributed by atoms with Crippen molar-refractivity contribution in [1.29, 1.82) is 5.26 Å². The molecular weight excluding hydrogens is 258 g/mol. The number of ether oxygens (including phenoxy) is 1. The van der Waals surface area contributed by atoms with E-state index in [1.165, 1.54) is 12.3 Å². The highest BCUT2D eigenvalue weighted by Gasteiger charge is 2.28. The first-order valence-corrected chi connectivity index (χ1v) is 5.65. The SMILES string of the molecule is N#Cc1ccnc(N2CCOC(C(=O)O)C2)c1Cl. The lowest BCUT2D eigenvalue weighted by atomic mass is 10.2. The highest BCUT2D eigenvalue weighted by Crippen LogP contribution is 2.27. The number of morpholine rings is 1. The fraction of sp³-hybridized carbons (Fsp3) is 0.364. The molecule has 1 aliphatic heterocycles. The maximum Gasteiger partial charge on any atom is 0.334 e. The van der Waals surface area contributed by atoms with Gasteiger partial charge in [0.05, 0.1) is 18.7 Å². The Morgan fingerprint density at radius 1 is 1.72 bits per heavy atom. The summed E-state index contributed by atoms with van der Waals surface area (Å²) in [7, 11) is 0. The number of hydrogen-bond acceptors (Lipinski definition) is 5. The van der Waals surface area contributed by atoms with Gasteiger partial charge in [-0.05, 0) is 6.07 Å². The molecule has 0 saturated carbocycles. The van der Waals surface area contributed by atoms with Crippen molar-refractivity contribution >= 4 is 23.4 Å². The van der Waals surface area contributed by atoms with Gasteiger partial charge in [-0.1, -0.05) is 11.6 Å². The minimum Gasteiger partial charge on any atom is -0.479 e. The van der Waals surface area contributed by atoms with Crippen LogP contribution in [-0.2, 0) is 9.53 Å². The van der Waals surface area contributed by atoms with Gasteiger partial charge < -0.3 is 14.7 Å². The summed E-state index contributed by atoms with van der Waals surface area (Å²) in [5.41, 5.74) is 0.319. The molecule has 1 aromatic heterocycles. The average molecular weight is 268 g/mol. The van der Waals surface area contributed by atoms with Gasteiger partial charge in [0.2, 0.25) is 0 Å². The number of pyridine rings is 1. The zero-order valence-corrected chi connectivity index (χ0v) is 10.1. The Kier molecular flexibility index (Phi) is 3.65. The molecule has 1 atom stereocenters. The van der Waals surface area contributed by atoms with Crippen LogP contribution >= 0.6 is 11.6 Å². The Labute approximate surface area is 108 Å². The molecule has 1 aromatic rings. The summed E-state index contributed by atoms with van der Waals surface area (Å²) in [5.74, 6) is -0.600. The topological polar surface area (TPSA) is 86.5 Å². The van der Waals surface area contributed by atoms with E-state index in [1.807, 2.05) is 6.07 Å². The minimum atomic E-state index is -1.02. The van der Waals surface area contributed by atoms with Crippen LogP contribution in [-0.4, -0.2) is 41.9 Å². The van der Waals surface area contributed by atoms with Crippen LogP contribution in [0.2, 0.25) is 5.02 Å². The Morgan fingerprint density at radius 3 is 3.17 bits per heavy atom. The summed E-state index contributed by atoms with van der Waals surface area (Å²) in [6.45, 7) is 0.939. The first kappa shape index (κ1) is 12.6. The second-order valence-electron chi connectivity index (χ2n) is 3.75. The van der Waals surface area contributed by atoms with Gasteiger partial charge in [0.25, 0.3) is 0 Å². The van der Waals surface area contributed by atoms with Crippen molar-refractivity contribution in [3.8, 4) is 6.07 Å². The molecule has 0 radical (unpaired) electrons. The molecule has 0 amide bonds. The average Bonchev–Trinajstić information content (AvgIpc) is 2.39. The lowest BCUT2D eigenvalue weighted by Gasteiger charge is -2.32. The summed E-state index contributed by atoms with van der Waals surface area (Å²) < 4.78 is 5.11. The second-order valence-corrected chi connectivity index (χ2v) is 4.13. The lowest BCUT2D eigenvalue weighted by Crippen LogP contribution is -2.46. The Balaban J connectivity index is 2.27. The van der Waals surface area contributed by atoms with Crippen LogP contribution in [0.4, 0.5) is 5.82 Å². The number of hydrogen-bond donors (Lipinski definition) is 1. The Morgan fingerprint density at radius 2 is 2.50 bits per heavy atom. The third-order valence-corrected chi connectivity index (χ3v) is 3.01. The Bertz CT molecular complexity index is 515. The normalized spacial score (nSPS) is 19.3. The molecule has 2 heterocycles. The predicted molar refractivity (Wildman–Crippen MR) is 63.6 cm³/mol. The first-order chi connectivity index (χ1) is 8.63. The lowest BCUT2D eigenvalue weighted by molar-refractivity contribution is -0.150. The minimum absolute atomic E-state index is 0.164. The van der Waals surface area contributed by atoms with Gasteiger partial charge in [0.15, 0.2) is 6.10 Å². The zero-order chi connectivity index (χ0) is 13.1. The quantitative estimate of drug-likeness (QED) is 0.857. The van der Waals surface area contributed by atoms with E-state index in [-0.39, 0.29) is 18.2 Å². The number of halogens is 1. The molecular formula is C11H10ClN3O3. The van der Waals surface area contributed by atoms with Crippen molar-refractivity contribution in [3.05, 3.63) is 22.8 Å². The molecule has 1 N–H and O–H groups in total. The summed E-state index contributed by atoms with van der Waals surface area (Å²) >= 11 is 6.05. The van der Waals surface area contributed by atoms with Crippen molar-refractivity contribution in [2.24, 2.45) is 0 Å². The number of nitriles is 1. The summed E-state index contributed by atoms with van der Waals surface area (Å²) in [4.78, 5) is 16.7. The first-order valence-electron chi connectivity index (χ1n) is 5.27. The number of aromatic nitrogens is 1. The number of anilines is 1. The van der Waals surface area contributed by atoms with E-state index in [9.17, 15) is 4.79 Å².